The first-order chi connectivity index (χ1) is 9.85. The number of hydrogen-bond donors (Lipinski definition) is 2. The Bertz CT molecular complexity index is 536. The maximum Gasteiger partial charge on any atom is 0.185 e. The second kappa shape index (κ2) is 6.17. The van der Waals surface area contributed by atoms with Gasteiger partial charge in [0.2, 0.25) is 0 Å². The highest BCUT2D eigenvalue weighted by atomic mass is 32.1. The molecule has 1 aliphatic heterocycles. The van der Waals surface area contributed by atoms with Gasteiger partial charge in [-0.25, -0.2) is 4.98 Å². The molecule has 0 aromatic carbocycles. The number of nitrogens with zero attached hydrogens (tertiary/aromatic N) is 4. The van der Waals surface area contributed by atoms with E-state index >= 15 is 0 Å². The van der Waals surface area contributed by atoms with Crippen LogP contribution in [0.3, 0.4) is 0 Å². The monoisotopic (exact) mass is 290 g/mol. The highest BCUT2D eigenvalue weighted by molar-refractivity contribution is 7.13. The normalized spacial score (nSPS) is 16.4. The van der Waals surface area contributed by atoms with Gasteiger partial charge >= 0.3 is 0 Å². The van der Waals surface area contributed by atoms with Gasteiger partial charge in [-0.3, -0.25) is 15.7 Å². The highest BCUT2D eigenvalue weighted by Crippen LogP contribution is 2.19. The zero-order valence-corrected chi connectivity index (χ0v) is 12.0. The highest BCUT2D eigenvalue weighted by Gasteiger charge is 2.18. The summed E-state index contributed by atoms with van der Waals surface area (Å²) in [7, 11) is 0. The Hall–Kier alpha value is -1.70. The third-order valence-corrected chi connectivity index (χ3v) is 4.26. The lowest BCUT2D eigenvalue weighted by Crippen LogP contribution is -2.46. The van der Waals surface area contributed by atoms with Gasteiger partial charge < -0.3 is 10.3 Å². The van der Waals surface area contributed by atoms with Crippen molar-refractivity contribution in [3.8, 4) is 0 Å². The summed E-state index contributed by atoms with van der Waals surface area (Å²) in [6.07, 6.45) is 3.65. The molecular formula is C13H18N6S. The molecule has 1 aliphatic rings. The van der Waals surface area contributed by atoms with Gasteiger partial charge in [0, 0.05) is 50.5 Å². The van der Waals surface area contributed by atoms with E-state index in [0.717, 1.165) is 49.2 Å². The zero-order valence-electron chi connectivity index (χ0n) is 11.2. The number of piperazine rings is 1. The number of nitrogens with two attached hydrogens (primary N) is 1. The standard InChI is InChI=1S/C13H18N6S/c14-17-11-1-2-15-12(9-11)10-18-4-6-19(7-5-18)13-16-3-8-20-13/h1-3,8-9H,4-7,10,14H2,(H,15,17). The van der Waals surface area contributed by atoms with Gasteiger partial charge in [-0.15, -0.1) is 11.3 Å². The Morgan fingerprint density at radius 2 is 2.05 bits per heavy atom. The minimum atomic E-state index is 0.862. The van der Waals surface area contributed by atoms with Crippen molar-refractivity contribution < 1.29 is 0 Å². The number of nitrogen functional groups attached to an aromatic ring is 1. The maximum absolute atomic E-state index is 5.42. The van der Waals surface area contributed by atoms with Crippen molar-refractivity contribution in [2.75, 3.05) is 36.5 Å². The number of hydrazine groups is 1. The van der Waals surface area contributed by atoms with Crippen LogP contribution in [0.4, 0.5) is 10.8 Å². The Kier molecular flexibility index (Phi) is 4.10. The van der Waals surface area contributed by atoms with Gasteiger partial charge in [-0.05, 0) is 12.1 Å². The van der Waals surface area contributed by atoms with Crippen LogP contribution >= 0.6 is 11.3 Å². The predicted octanol–water partition coefficient (Wildman–Crippen LogP) is 1.15. The number of pyridine rings is 1. The second-order valence-corrected chi connectivity index (χ2v) is 5.63. The summed E-state index contributed by atoms with van der Waals surface area (Å²) in [6, 6.07) is 3.86. The fourth-order valence-electron chi connectivity index (χ4n) is 2.35. The van der Waals surface area contributed by atoms with Crippen molar-refractivity contribution in [3.63, 3.8) is 0 Å². The van der Waals surface area contributed by atoms with Gasteiger partial charge in [-0.2, -0.15) is 0 Å². The summed E-state index contributed by atoms with van der Waals surface area (Å²) in [6.45, 7) is 4.95. The number of rotatable bonds is 4. The fraction of sp³-hybridized carbons (Fsp3) is 0.385. The molecule has 1 fully saturated rings. The summed E-state index contributed by atoms with van der Waals surface area (Å²) in [5.74, 6) is 5.42. The van der Waals surface area contributed by atoms with Crippen LogP contribution < -0.4 is 16.2 Å². The number of thiazole rings is 1. The van der Waals surface area contributed by atoms with Crippen molar-refractivity contribution in [3.05, 3.63) is 35.6 Å². The van der Waals surface area contributed by atoms with Crippen molar-refractivity contribution >= 4 is 22.2 Å². The van der Waals surface area contributed by atoms with Crippen LogP contribution in [0.2, 0.25) is 0 Å². The number of hydrogen-bond acceptors (Lipinski definition) is 7. The van der Waals surface area contributed by atoms with Crippen molar-refractivity contribution in [2.24, 2.45) is 5.84 Å². The fourth-order valence-corrected chi connectivity index (χ4v) is 3.05. The Morgan fingerprint density at radius 1 is 1.20 bits per heavy atom. The molecule has 0 radical (unpaired) electrons. The van der Waals surface area contributed by atoms with E-state index in [2.05, 4.69) is 25.2 Å². The summed E-state index contributed by atoms with van der Waals surface area (Å²) >= 11 is 1.70. The van der Waals surface area contributed by atoms with Crippen LogP contribution in [-0.4, -0.2) is 41.0 Å². The van der Waals surface area contributed by atoms with E-state index in [-0.39, 0.29) is 0 Å². The summed E-state index contributed by atoms with van der Waals surface area (Å²) in [4.78, 5) is 13.5. The quantitative estimate of drug-likeness (QED) is 0.650. The molecule has 0 spiro atoms. The van der Waals surface area contributed by atoms with Crippen LogP contribution in [0.5, 0.6) is 0 Å². The summed E-state index contributed by atoms with van der Waals surface area (Å²) in [5.41, 5.74) is 4.60. The molecule has 0 atom stereocenters. The van der Waals surface area contributed by atoms with Crippen LogP contribution in [-0.2, 0) is 6.54 Å². The third kappa shape index (κ3) is 3.06. The van der Waals surface area contributed by atoms with Gasteiger partial charge in [0.25, 0.3) is 0 Å². The Labute approximate surface area is 122 Å². The average Bonchev–Trinajstić information content (AvgIpc) is 3.02. The van der Waals surface area contributed by atoms with Gasteiger partial charge in [0.05, 0.1) is 11.4 Å². The molecular weight excluding hydrogens is 272 g/mol. The lowest BCUT2D eigenvalue weighted by molar-refractivity contribution is 0.247. The van der Waals surface area contributed by atoms with Crippen LogP contribution in [0.15, 0.2) is 29.9 Å². The molecule has 0 bridgehead atoms. The minimum absolute atomic E-state index is 0.862. The predicted molar refractivity (Wildman–Crippen MR) is 81.7 cm³/mol. The van der Waals surface area contributed by atoms with Gasteiger partial charge in [-0.1, -0.05) is 0 Å². The van der Waals surface area contributed by atoms with Gasteiger partial charge in [0.15, 0.2) is 5.13 Å². The van der Waals surface area contributed by atoms with E-state index < -0.39 is 0 Å². The molecule has 2 aromatic heterocycles. The van der Waals surface area contributed by atoms with Crippen molar-refractivity contribution in [1.29, 1.82) is 0 Å². The Balaban J connectivity index is 1.55. The molecule has 7 heteroatoms. The van der Waals surface area contributed by atoms with E-state index in [1.165, 1.54) is 0 Å². The lowest BCUT2D eigenvalue weighted by Gasteiger charge is -2.34. The van der Waals surface area contributed by atoms with Crippen LogP contribution in [0.25, 0.3) is 0 Å². The van der Waals surface area contributed by atoms with Gasteiger partial charge in [0.1, 0.15) is 0 Å². The third-order valence-electron chi connectivity index (χ3n) is 3.43. The average molecular weight is 290 g/mol. The smallest absolute Gasteiger partial charge is 0.185 e. The molecule has 1 saturated heterocycles. The number of aromatic nitrogens is 2. The van der Waals surface area contributed by atoms with Crippen LogP contribution in [0.1, 0.15) is 5.69 Å². The Morgan fingerprint density at radius 3 is 2.75 bits per heavy atom. The summed E-state index contributed by atoms with van der Waals surface area (Å²) < 4.78 is 0. The molecule has 3 rings (SSSR count). The van der Waals surface area contributed by atoms with Crippen molar-refractivity contribution in [2.45, 2.75) is 6.54 Å². The molecule has 2 aromatic rings. The van der Waals surface area contributed by atoms with Crippen molar-refractivity contribution in [1.82, 2.24) is 14.9 Å². The summed E-state index contributed by atoms with van der Waals surface area (Å²) in [5, 5.41) is 3.15. The SMILES string of the molecule is NNc1ccnc(CN2CCN(c3nccs3)CC2)c1. The minimum Gasteiger partial charge on any atom is -0.346 e. The zero-order chi connectivity index (χ0) is 13.8. The molecule has 0 unspecified atom stereocenters. The lowest BCUT2D eigenvalue weighted by atomic mass is 10.2. The van der Waals surface area contributed by atoms with E-state index in [1.807, 2.05) is 23.7 Å². The first-order valence-electron chi connectivity index (χ1n) is 6.63. The topological polar surface area (TPSA) is 70.3 Å². The molecule has 0 aliphatic carbocycles. The number of anilines is 2. The van der Waals surface area contributed by atoms with Crippen LogP contribution in [0, 0.1) is 0 Å². The molecule has 20 heavy (non-hydrogen) atoms. The van der Waals surface area contributed by atoms with E-state index in [9.17, 15) is 0 Å². The first-order valence-corrected chi connectivity index (χ1v) is 7.51. The van der Waals surface area contributed by atoms with E-state index in [0.29, 0.717) is 0 Å². The first kappa shape index (κ1) is 13.3. The molecule has 6 nitrogen and oxygen atoms in total. The molecule has 106 valence electrons. The number of nitrogens with one attached hydrogen (secondary N) is 1. The van der Waals surface area contributed by atoms with E-state index in [4.69, 9.17) is 5.84 Å². The molecule has 3 N–H and O–H groups in total. The largest absolute Gasteiger partial charge is 0.346 e. The maximum atomic E-state index is 5.42. The molecule has 0 amide bonds. The molecule has 3 heterocycles. The molecule has 0 saturated carbocycles. The van der Waals surface area contributed by atoms with E-state index in [1.54, 1.807) is 17.5 Å². The second-order valence-electron chi connectivity index (χ2n) is 4.76.